The maximum Gasteiger partial charge on any atom is 0.222 e. The number of carbonyl (C=O) groups is 1. The molecule has 0 saturated heterocycles. The van der Waals surface area contributed by atoms with Crippen LogP contribution in [0.5, 0.6) is 5.75 Å². The Balaban J connectivity index is 1.76. The number of amides is 1. The quantitative estimate of drug-likeness (QED) is 0.788. The van der Waals surface area contributed by atoms with Crippen LogP contribution in [0.1, 0.15) is 29.0 Å². The maximum atomic E-state index is 12.2. The van der Waals surface area contributed by atoms with Crippen LogP contribution in [0.3, 0.4) is 0 Å². The van der Waals surface area contributed by atoms with Gasteiger partial charge in [0, 0.05) is 19.0 Å². The van der Waals surface area contributed by atoms with Crippen LogP contribution in [0, 0.1) is 20.8 Å². The molecular weight excluding hydrogens is 292 g/mol. The number of likely N-dealkylation sites (N-methyl/N-ethyl adjacent to an activating group) is 1. The lowest BCUT2D eigenvalue weighted by Crippen LogP contribution is -2.31. The summed E-state index contributed by atoms with van der Waals surface area (Å²) in [4.78, 5) is 13.9. The first-order valence-corrected chi connectivity index (χ1v) is 7.83. The number of carbonyl (C=O) groups excluding carboxylic acids is 1. The van der Waals surface area contributed by atoms with Crippen LogP contribution in [0.2, 0.25) is 0 Å². The lowest BCUT2D eigenvalue weighted by molar-refractivity contribution is -0.130. The van der Waals surface area contributed by atoms with Crippen molar-refractivity contribution >= 4 is 5.91 Å². The van der Waals surface area contributed by atoms with Crippen molar-refractivity contribution in [3.05, 3.63) is 46.8 Å². The summed E-state index contributed by atoms with van der Waals surface area (Å²) in [5, 5.41) is 3.91. The third kappa shape index (κ3) is 4.58. The van der Waals surface area contributed by atoms with Gasteiger partial charge in [0.2, 0.25) is 5.91 Å². The molecule has 0 spiro atoms. The molecule has 5 heteroatoms. The van der Waals surface area contributed by atoms with Crippen molar-refractivity contribution in [2.24, 2.45) is 0 Å². The summed E-state index contributed by atoms with van der Waals surface area (Å²) in [6, 6.07) is 7.87. The van der Waals surface area contributed by atoms with E-state index in [2.05, 4.69) is 5.16 Å². The van der Waals surface area contributed by atoms with Crippen molar-refractivity contribution in [2.75, 3.05) is 20.2 Å². The zero-order valence-corrected chi connectivity index (χ0v) is 14.3. The summed E-state index contributed by atoms with van der Waals surface area (Å²) in [7, 11) is 1.80. The Morgan fingerprint density at radius 3 is 2.65 bits per heavy atom. The van der Waals surface area contributed by atoms with E-state index in [1.807, 2.05) is 45.0 Å². The number of hydrogen-bond donors (Lipinski definition) is 0. The number of nitrogens with zero attached hydrogens (tertiary/aromatic N) is 2. The van der Waals surface area contributed by atoms with Gasteiger partial charge in [-0.1, -0.05) is 23.4 Å². The van der Waals surface area contributed by atoms with Crippen molar-refractivity contribution in [2.45, 2.75) is 33.6 Å². The van der Waals surface area contributed by atoms with Gasteiger partial charge in [0.1, 0.15) is 18.1 Å². The summed E-state index contributed by atoms with van der Waals surface area (Å²) in [6.07, 6.45) is 1.10. The molecule has 0 aliphatic carbocycles. The zero-order valence-electron chi connectivity index (χ0n) is 14.3. The molecule has 1 amide bonds. The molecule has 1 heterocycles. The molecule has 0 unspecified atom stereocenters. The Labute approximate surface area is 137 Å². The second kappa shape index (κ2) is 7.81. The lowest BCUT2D eigenvalue weighted by Gasteiger charge is -2.18. The average molecular weight is 316 g/mol. The van der Waals surface area contributed by atoms with Crippen molar-refractivity contribution < 1.29 is 14.1 Å². The van der Waals surface area contributed by atoms with Gasteiger partial charge in [-0.3, -0.25) is 4.79 Å². The van der Waals surface area contributed by atoms with E-state index in [9.17, 15) is 4.79 Å². The summed E-state index contributed by atoms with van der Waals surface area (Å²) in [5.74, 6) is 1.75. The standard InChI is InChI=1S/C18H24N2O3/c1-13-7-5-6-8-17(13)22-12-11-20(4)18(21)10-9-16-14(2)19-23-15(16)3/h5-8H,9-12H2,1-4H3. The number of rotatable bonds is 7. The van der Waals surface area contributed by atoms with E-state index in [0.29, 0.717) is 26.0 Å². The third-order valence-corrected chi connectivity index (χ3v) is 3.97. The predicted octanol–water partition coefficient (Wildman–Crippen LogP) is 3.07. The minimum absolute atomic E-state index is 0.0957. The minimum Gasteiger partial charge on any atom is -0.491 e. The number of para-hydroxylation sites is 1. The molecule has 5 nitrogen and oxygen atoms in total. The Morgan fingerprint density at radius 1 is 1.26 bits per heavy atom. The maximum absolute atomic E-state index is 12.2. The molecule has 0 fully saturated rings. The smallest absolute Gasteiger partial charge is 0.222 e. The first-order chi connectivity index (χ1) is 11.0. The molecule has 1 aromatic heterocycles. The second-order valence-electron chi connectivity index (χ2n) is 5.73. The van der Waals surface area contributed by atoms with E-state index in [-0.39, 0.29) is 5.91 Å². The highest BCUT2D eigenvalue weighted by Gasteiger charge is 2.13. The Bertz CT molecular complexity index is 645. The van der Waals surface area contributed by atoms with Gasteiger partial charge in [-0.2, -0.15) is 0 Å². The number of ether oxygens (including phenoxy) is 1. The first-order valence-electron chi connectivity index (χ1n) is 7.83. The number of hydrogen-bond acceptors (Lipinski definition) is 4. The van der Waals surface area contributed by atoms with E-state index in [0.717, 1.165) is 28.3 Å². The van der Waals surface area contributed by atoms with Crippen LogP contribution in [-0.4, -0.2) is 36.2 Å². The molecule has 0 bridgehead atoms. The van der Waals surface area contributed by atoms with Crippen LogP contribution in [0.25, 0.3) is 0 Å². The van der Waals surface area contributed by atoms with E-state index in [1.54, 1.807) is 11.9 Å². The molecule has 2 rings (SSSR count). The van der Waals surface area contributed by atoms with Crippen molar-refractivity contribution in [1.82, 2.24) is 10.1 Å². The summed E-state index contributed by atoms with van der Waals surface area (Å²) >= 11 is 0. The molecule has 2 aromatic rings. The first kappa shape index (κ1) is 17.1. The van der Waals surface area contributed by atoms with Gasteiger partial charge in [-0.05, 0) is 38.8 Å². The summed E-state index contributed by atoms with van der Waals surface area (Å²) < 4.78 is 10.8. The molecule has 0 atom stereocenters. The average Bonchev–Trinajstić information content (AvgIpc) is 2.85. The largest absolute Gasteiger partial charge is 0.491 e. The molecule has 0 N–H and O–H groups in total. The summed E-state index contributed by atoms with van der Waals surface area (Å²) in [5.41, 5.74) is 2.99. The molecule has 124 valence electrons. The number of benzene rings is 1. The van der Waals surface area contributed by atoms with Crippen LogP contribution < -0.4 is 4.74 Å². The monoisotopic (exact) mass is 316 g/mol. The Morgan fingerprint density at radius 2 is 2.00 bits per heavy atom. The van der Waals surface area contributed by atoms with Crippen LogP contribution in [0.4, 0.5) is 0 Å². The Kier molecular flexibility index (Phi) is 5.79. The lowest BCUT2D eigenvalue weighted by atomic mass is 10.1. The van der Waals surface area contributed by atoms with Gasteiger partial charge in [-0.25, -0.2) is 0 Å². The van der Waals surface area contributed by atoms with Gasteiger partial charge in [-0.15, -0.1) is 0 Å². The van der Waals surface area contributed by atoms with E-state index >= 15 is 0 Å². The van der Waals surface area contributed by atoms with Gasteiger partial charge in [0.15, 0.2) is 0 Å². The highest BCUT2D eigenvalue weighted by Crippen LogP contribution is 2.16. The number of aryl methyl sites for hydroxylation is 3. The van der Waals surface area contributed by atoms with E-state index in [1.165, 1.54) is 0 Å². The Hall–Kier alpha value is -2.30. The van der Waals surface area contributed by atoms with Gasteiger partial charge in [0.25, 0.3) is 0 Å². The van der Waals surface area contributed by atoms with Gasteiger partial charge >= 0.3 is 0 Å². The van der Waals surface area contributed by atoms with Crippen LogP contribution >= 0.6 is 0 Å². The molecule has 1 aromatic carbocycles. The molecule has 0 aliphatic rings. The van der Waals surface area contributed by atoms with Crippen molar-refractivity contribution in [1.29, 1.82) is 0 Å². The SMILES string of the molecule is Cc1ccccc1OCCN(C)C(=O)CCc1c(C)noc1C. The van der Waals surface area contributed by atoms with E-state index < -0.39 is 0 Å². The fourth-order valence-corrected chi connectivity index (χ4v) is 2.42. The minimum atomic E-state index is 0.0957. The highest BCUT2D eigenvalue weighted by atomic mass is 16.5. The van der Waals surface area contributed by atoms with E-state index in [4.69, 9.17) is 9.26 Å². The molecule has 23 heavy (non-hydrogen) atoms. The van der Waals surface area contributed by atoms with Gasteiger partial charge < -0.3 is 14.2 Å². The van der Waals surface area contributed by atoms with Crippen molar-refractivity contribution in [3.63, 3.8) is 0 Å². The molecule has 0 radical (unpaired) electrons. The second-order valence-corrected chi connectivity index (χ2v) is 5.73. The molecule has 0 aliphatic heterocycles. The fraction of sp³-hybridized carbons (Fsp3) is 0.444. The topological polar surface area (TPSA) is 55.6 Å². The number of aromatic nitrogens is 1. The van der Waals surface area contributed by atoms with Crippen molar-refractivity contribution in [3.8, 4) is 5.75 Å². The fourth-order valence-electron chi connectivity index (χ4n) is 2.42. The van der Waals surface area contributed by atoms with Crippen LogP contribution in [-0.2, 0) is 11.2 Å². The molecule has 0 saturated carbocycles. The third-order valence-electron chi connectivity index (χ3n) is 3.97. The zero-order chi connectivity index (χ0) is 16.8. The van der Waals surface area contributed by atoms with Gasteiger partial charge in [0.05, 0.1) is 12.2 Å². The highest BCUT2D eigenvalue weighted by molar-refractivity contribution is 5.76. The molecular formula is C18H24N2O3. The normalized spacial score (nSPS) is 10.6. The summed E-state index contributed by atoms with van der Waals surface area (Å²) in [6.45, 7) is 6.83. The van der Waals surface area contributed by atoms with Crippen LogP contribution in [0.15, 0.2) is 28.8 Å². The predicted molar refractivity (Wildman–Crippen MR) is 88.6 cm³/mol.